The summed E-state index contributed by atoms with van der Waals surface area (Å²) >= 11 is 0. The minimum absolute atomic E-state index is 0.0631. The lowest BCUT2D eigenvalue weighted by molar-refractivity contribution is 0.626. The van der Waals surface area contributed by atoms with E-state index in [1.165, 1.54) is 30.6 Å². The zero-order valence-electron chi connectivity index (χ0n) is 8.98. The highest BCUT2D eigenvalue weighted by molar-refractivity contribution is 5.71. The number of nitrogens with zero attached hydrogens (tertiary/aromatic N) is 2. The number of aromatic amines is 2. The van der Waals surface area contributed by atoms with Crippen LogP contribution in [-0.2, 0) is 0 Å². The van der Waals surface area contributed by atoms with E-state index in [1.54, 1.807) is 0 Å². The van der Waals surface area contributed by atoms with Gasteiger partial charge in [-0.3, -0.25) is 14.3 Å². The average molecular weight is 246 g/mol. The highest BCUT2D eigenvalue weighted by atomic mass is 19.1. The van der Waals surface area contributed by atoms with Crippen LogP contribution in [0.3, 0.4) is 0 Å². The third kappa shape index (κ3) is 1.45. The first-order valence-electron chi connectivity index (χ1n) is 5.11. The van der Waals surface area contributed by atoms with Gasteiger partial charge in [0.2, 0.25) is 0 Å². The fourth-order valence-corrected chi connectivity index (χ4v) is 1.81. The number of H-pyrrole nitrogens is 2. The van der Waals surface area contributed by atoms with Gasteiger partial charge in [-0.25, -0.2) is 14.2 Å². The maximum Gasteiger partial charge on any atom is 0.332 e. The second-order valence-electron chi connectivity index (χ2n) is 3.67. The summed E-state index contributed by atoms with van der Waals surface area (Å²) in [6, 6.07) is 5.41. The summed E-state index contributed by atoms with van der Waals surface area (Å²) in [5.41, 5.74) is -0.520. The first-order chi connectivity index (χ1) is 8.66. The molecule has 0 spiro atoms. The van der Waals surface area contributed by atoms with Gasteiger partial charge >= 0.3 is 5.69 Å². The number of hydrogen-bond donors (Lipinski definition) is 2. The fraction of sp³-hybridized carbons (Fsp3) is 0. The second-order valence-corrected chi connectivity index (χ2v) is 3.67. The van der Waals surface area contributed by atoms with Gasteiger partial charge in [-0.1, -0.05) is 6.07 Å². The number of aromatic nitrogens is 4. The lowest BCUT2D eigenvalue weighted by Gasteiger charge is -2.01. The number of halogens is 1. The molecular weight excluding hydrogens is 239 g/mol. The van der Waals surface area contributed by atoms with Crippen LogP contribution in [0.4, 0.5) is 4.39 Å². The highest BCUT2D eigenvalue weighted by Crippen LogP contribution is 2.11. The molecule has 18 heavy (non-hydrogen) atoms. The van der Waals surface area contributed by atoms with Crippen LogP contribution in [0.2, 0.25) is 0 Å². The van der Waals surface area contributed by atoms with Crippen LogP contribution in [0.25, 0.3) is 16.9 Å². The van der Waals surface area contributed by atoms with Gasteiger partial charge < -0.3 is 4.98 Å². The lowest BCUT2D eigenvalue weighted by atomic mass is 10.3. The molecule has 0 aliphatic heterocycles. The molecule has 0 unspecified atom stereocenters. The molecule has 6 nitrogen and oxygen atoms in total. The molecule has 1 aromatic carbocycles. The monoisotopic (exact) mass is 246 g/mol. The molecule has 2 heterocycles. The van der Waals surface area contributed by atoms with Gasteiger partial charge in [0.25, 0.3) is 5.56 Å². The van der Waals surface area contributed by atoms with Crippen molar-refractivity contribution in [3.05, 3.63) is 57.2 Å². The number of imidazole rings is 1. The molecule has 0 aliphatic rings. The van der Waals surface area contributed by atoms with Crippen molar-refractivity contribution in [2.24, 2.45) is 0 Å². The minimum Gasteiger partial charge on any atom is -0.311 e. The minimum atomic E-state index is -0.542. The van der Waals surface area contributed by atoms with Crippen molar-refractivity contribution in [3.63, 3.8) is 0 Å². The topological polar surface area (TPSA) is 83.5 Å². The van der Waals surface area contributed by atoms with Crippen molar-refractivity contribution in [2.75, 3.05) is 0 Å². The van der Waals surface area contributed by atoms with E-state index in [0.29, 0.717) is 0 Å². The van der Waals surface area contributed by atoms with Crippen molar-refractivity contribution < 1.29 is 4.39 Å². The molecule has 0 amide bonds. The fourth-order valence-electron chi connectivity index (χ4n) is 1.81. The Morgan fingerprint density at radius 2 is 2.11 bits per heavy atom. The standard InChI is InChI=1S/C11H7FN4O2/c12-6-2-1-3-7(4-6)16-8-9(15-11(16)18)13-5-14-10(8)17/h1-5H,(H2,13,14,15,17,18). The molecule has 0 radical (unpaired) electrons. The Hall–Kier alpha value is -2.70. The van der Waals surface area contributed by atoms with Crippen LogP contribution < -0.4 is 11.2 Å². The van der Waals surface area contributed by atoms with Crippen molar-refractivity contribution in [1.82, 2.24) is 19.5 Å². The maximum atomic E-state index is 13.2. The van der Waals surface area contributed by atoms with E-state index in [1.807, 2.05) is 0 Å². The Morgan fingerprint density at radius 3 is 2.89 bits per heavy atom. The van der Waals surface area contributed by atoms with Gasteiger partial charge in [0.15, 0.2) is 11.2 Å². The number of fused-ring (bicyclic) bond motifs is 1. The van der Waals surface area contributed by atoms with Gasteiger partial charge in [-0.05, 0) is 18.2 Å². The number of nitrogens with one attached hydrogen (secondary N) is 2. The Balaban J connectivity index is 2.46. The van der Waals surface area contributed by atoms with E-state index in [-0.39, 0.29) is 16.9 Å². The molecular formula is C11H7FN4O2. The van der Waals surface area contributed by atoms with Crippen LogP contribution >= 0.6 is 0 Å². The van der Waals surface area contributed by atoms with E-state index in [2.05, 4.69) is 15.0 Å². The van der Waals surface area contributed by atoms with Gasteiger partial charge in [0.1, 0.15) is 5.82 Å². The first kappa shape index (κ1) is 10.5. The molecule has 0 fully saturated rings. The van der Waals surface area contributed by atoms with E-state index in [9.17, 15) is 14.0 Å². The molecule has 0 saturated carbocycles. The Bertz CT molecular complexity index is 846. The molecule has 0 saturated heterocycles. The average Bonchev–Trinajstić information content (AvgIpc) is 2.67. The summed E-state index contributed by atoms with van der Waals surface area (Å²) in [5.74, 6) is -0.492. The molecule has 3 aromatic rings. The molecule has 7 heteroatoms. The van der Waals surface area contributed by atoms with Gasteiger partial charge in [0.05, 0.1) is 12.0 Å². The third-order valence-electron chi connectivity index (χ3n) is 2.55. The summed E-state index contributed by atoms with van der Waals surface area (Å²) in [5, 5.41) is 0. The summed E-state index contributed by atoms with van der Waals surface area (Å²) in [4.78, 5) is 32.2. The van der Waals surface area contributed by atoms with Crippen LogP contribution in [0, 0.1) is 5.82 Å². The lowest BCUT2D eigenvalue weighted by Crippen LogP contribution is -2.18. The summed E-state index contributed by atoms with van der Waals surface area (Å²) in [6.07, 6.45) is 1.19. The SMILES string of the molecule is O=c1[nH]cnc2[nH]c(=O)n(-c3cccc(F)c3)c12. The number of rotatable bonds is 1. The van der Waals surface area contributed by atoms with E-state index in [0.717, 1.165) is 4.57 Å². The maximum absolute atomic E-state index is 13.2. The Morgan fingerprint density at radius 1 is 1.28 bits per heavy atom. The molecule has 0 bridgehead atoms. The Labute approximate surface area is 98.7 Å². The summed E-state index contributed by atoms with van der Waals surface area (Å²) in [7, 11) is 0. The quantitative estimate of drug-likeness (QED) is 0.657. The van der Waals surface area contributed by atoms with Crippen LogP contribution in [0.15, 0.2) is 40.2 Å². The van der Waals surface area contributed by atoms with Crippen molar-refractivity contribution in [2.45, 2.75) is 0 Å². The van der Waals surface area contributed by atoms with Crippen molar-refractivity contribution in [1.29, 1.82) is 0 Å². The highest BCUT2D eigenvalue weighted by Gasteiger charge is 2.12. The van der Waals surface area contributed by atoms with Crippen molar-refractivity contribution >= 4 is 11.2 Å². The smallest absolute Gasteiger partial charge is 0.311 e. The number of hydrogen-bond acceptors (Lipinski definition) is 3. The third-order valence-corrected chi connectivity index (χ3v) is 2.55. The van der Waals surface area contributed by atoms with Gasteiger partial charge in [0, 0.05) is 0 Å². The van der Waals surface area contributed by atoms with E-state index < -0.39 is 17.1 Å². The summed E-state index contributed by atoms with van der Waals surface area (Å²) in [6.45, 7) is 0. The predicted octanol–water partition coefficient (Wildman–Crippen LogP) is 0.541. The van der Waals surface area contributed by atoms with Gasteiger partial charge in [-0.2, -0.15) is 0 Å². The molecule has 3 rings (SSSR count). The van der Waals surface area contributed by atoms with Crippen LogP contribution in [0.1, 0.15) is 0 Å². The van der Waals surface area contributed by atoms with E-state index >= 15 is 0 Å². The second kappa shape index (κ2) is 3.66. The zero-order valence-corrected chi connectivity index (χ0v) is 8.98. The molecule has 0 atom stereocenters. The largest absolute Gasteiger partial charge is 0.332 e. The first-order valence-corrected chi connectivity index (χ1v) is 5.11. The number of benzene rings is 1. The predicted molar refractivity (Wildman–Crippen MR) is 62.3 cm³/mol. The van der Waals surface area contributed by atoms with E-state index in [4.69, 9.17) is 0 Å². The normalized spacial score (nSPS) is 10.9. The van der Waals surface area contributed by atoms with Crippen LogP contribution in [0.5, 0.6) is 0 Å². The Kier molecular flexibility index (Phi) is 2.12. The molecule has 90 valence electrons. The van der Waals surface area contributed by atoms with Crippen molar-refractivity contribution in [3.8, 4) is 5.69 Å². The van der Waals surface area contributed by atoms with Crippen LogP contribution in [-0.4, -0.2) is 19.5 Å². The zero-order chi connectivity index (χ0) is 12.7. The molecule has 2 N–H and O–H groups in total. The molecule has 2 aromatic heterocycles. The summed E-state index contributed by atoms with van der Waals surface area (Å²) < 4.78 is 14.3. The molecule has 0 aliphatic carbocycles. The van der Waals surface area contributed by atoms with Gasteiger partial charge in [-0.15, -0.1) is 0 Å².